The molecule has 0 aliphatic carbocycles. The molecular weight excluding hydrogens is 174 g/mol. The van der Waals surface area contributed by atoms with Crippen LogP contribution in [0.1, 0.15) is 13.8 Å². The first kappa shape index (κ1) is 9.86. The smallest absolute Gasteiger partial charge is 0.325 e. The predicted octanol–water partition coefficient (Wildman–Crippen LogP) is 0.802. The minimum absolute atomic E-state index is 0.141. The molecule has 0 bridgehead atoms. The summed E-state index contributed by atoms with van der Waals surface area (Å²) in [6.07, 6.45) is 0. The molecule has 1 rings (SSSR count). The molecule has 0 spiro atoms. The summed E-state index contributed by atoms with van der Waals surface area (Å²) in [5.41, 5.74) is -0.692. The van der Waals surface area contributed by atoms with Crippen LogP contribution < -0.4 is 5.32 Å². The highest BCUT2D eigenvalue weighted by atomic mass is 32.2. The monoisotopic (exact) mass is 189 g/mol. The molecule has 0 aromatic heterocycles. The SMILES string of the molecule is CC(C)C1(C(=O)O)CSCCN1. The molecule has 1 saturated heterocycles. The number of carboxylic acid groups (broad SMARTS) is 1. The van der Waals surface area contributed by atoms with Gasteiger partial charge in [-0.3, -0.25) is 4.79 Å². The van der Waals surface area contributed by atoms with E-state index in [1.54, 1.807) is 11.8 Å². The Kier molecular flexibility index (Phi) is 3.01. The van der Waals surface area contributed by atoms with E-state index in [4.69, 9.17) is 5.11 Å². The Labute approximate surface area is 76.9 Å². The molecule has 1 heterocycles. The molecule has 0 aromatic carbocycles. The maximum Gasteiger partial charge on any atom is 0.325 e. The molecule has 1 fully saturated rings. The molecule has 0 radical (unpaired) electrons. The summed E-state index contributed by atoms with van der Waals surface area (Å²) < 4.78 is 0. The Morgan fingerprint density at radius 1 is 1.67 bits per heavy atom. The molecule has 70 valence electrons. The molecule has 0 amide bonds. The quantitative estimate of drug-likeness (QED) is 0.674. The third-order valence-electron chi connectivity index (χ3n) is 2.38. The Morgan fingerprint density at radius 3 is 2.58 bits per heavy atom. The highest BCUT2D eigenvalue weighted by Gasteiger charge is 2.42. The molecular formula is C8H15NO2S. The summed E-state index contributed by atoms with van der Waals surface area (Å²) in [5.74, 6) is 1.12. The van der Waals surface area contributed by atoms with Crippen LogP contribution in [0.4, 0.5) is 0 Å². The summed E-state index contributed by atoms with van der Waals surface area (Å²) in [7, 11) is 0. The van der Waals surface area contributed by atoms with Crippen molar-refractivity contribution in [2.45, 2.75) is 19.4 Å². The molecule has 1 atom stereocenters. The van der Waals surface area contributed by atoms with Crippen molar-refractivity contribution in [1.82, 2.24) is 5.32 Å². The van der Waals surface area contributed by atoms with Gasteiger partial charge in [0.1, 0.15) is 5.54 Å². The highest BCUT2D eigenvalue weighted by molar-refractivity contribution is 7.99. The minimum atomic E-state index is -0.718. The second-order valence-corrected chi connectivity index (χ2v) is 4.52. The van der Waals surface area contributed by atoms with Gasteiger partial charge in [0.2, 0.25) is 0 Å². The highest BCUT2D eigenvalue weighted by Crippen LogP contribution is 2.25. The normalized spacial score (nSPS) is 30.6. The van der Waals surface area contributed by atoms with E-state index in [-0.39, 0.29) is 5.92 Å². The molecule has 0 aromatic rings. The van der Waals surface area contributed by atoms with Gasteiger partial charge in [-0.25, -0.2) is 0 Å². The van der Waals surface area contributed by atoms with Gasteiger partial charge in [0.15, 0.2) is 0 Å². The second-order valence-electron chi connectivity index (χ2n) is 3.41. The van der Waals surface area contributed by atoms with Crippen molar-refractivity contribution < 1.29 is 9.90 Å². The number of nitrogens with one attached hydrogen (secondary N) is 1. The van der Waals surface area contributed by atoms with Gasteiger partial charge in [0, 0.05) is 18.1 Å². The van der Waals surface area contributed by atoms with Gasteiger partial charge in [0.25, 0.3) is 0 Å². The summed E-state index contributed by atoms with van der Waals surface area (Å²) in [6, 6.07) is 0. The van der Waals surface area contributed by atoms with Crippen LogP contribution in [0, 0.1) is 5.92 Å². The van der Waals surface area contributed by atoms with E-state index in [1.165, 1.54) is 0 Å². The van der Waals surface area contributed by atoms with Crippen LogP contribution in [-0.4, -0.2) is 34.7 Å². The molecule has 12 heavy (non-hydrogen) atoms. The number of rotatable bonds is 2. The van der Waals surface area contributed by atoms with Gasteiger partial charge in [-0.15, -0.1) is 0 Å². The number of aliphatic carboxylic acids is 1. The Bertz CT molecular complexity index is 176. The number of carboxylic acids is 1. The summed E-state index contributed by atoms with van der Waals surface area (Å²) in [4.78, 5) is 11.0. The van der Waals surface area contributed by atoms with E-state index >= 15 is 0 Å². The third-order valence-corrected chi connectivity index (χ3v) is 3.54. The molecule has 0 saturated carbocycles. The largest absolute Gasteiger partial charge is 0.480 e. The van der Waals surface area contributed by atoms with Crippen molar-refractivity contribution in [2.24, 2.45) is 5.92 Å². The summed E-state index contributed by atoms with van der Waals surface area (Å²) >= 11 is 1.72. The van der Waals surface area contributed by atoms with Crippen molar-refractivity contribution in [3.05, 3.63) is 0 Å². The lowest BCUT2D eigenvalue weighted by atomic mass is 9.88. The van der Waals surface area contributed by atoms with Crippen LogP contribution in [-0.2, 0) is 4.79 Å². The zero-order valence-electron chi connectivity index (χ0n) is 7.46. The standard InChI is InChI=1S/C8H15NO2S/c1-6(2)8(7(10)11)5-12-4-3-9-8/h6,9H,3-5H2,1-2H3,(H,10,11). The van der Waals surface area contributed by atoms with Crippen LogP contribution in [0.5, 0.6) is 0 Å². The molecule has 2 N–H and O–H groups in total. The lowest BCUT2D eigenvalue weighted by Gasteiger charge is -2.37. The Balaban J connectivity index is 2.77. The maximum atomic E-state index is 11.0. The van der Waals surface area contributed by atoms with Crippen molar-refractivity contribution in [2.75, 3.05) is 18.1 Å². The van der Waals surface area contributed by atoms with Crippen LogP contribution in [0.2, 0.25) is 0 Å². The van der Waals surface area contributed by atoms with E-state index in [9.17, 15) is 4.79 Å². The maximum absolute atomic E-state index is 11.0. The average molecular weight is 189 g/mol. The lowest BCUT2D eigenvalue weighted by Crippen LogP contribution is -2.60. The van der Waals surface area contributed by atoms with Crippen molar-refractivity contribution in [3.8, 4) is 0 Å². The van der Waals surface area contributed by atoms with Crippen LogP contribution in [0.3, 0.4) is 0 Å². The van der Waals surface area contributed by atoms with Gasteiger partial charge < -0.3 is 10.4 Å². The number of thioether (sulfide) groups is 1. The zero-order chi connectivity index (χ0) is 9.19. The van der Waals surface area contributed by atoms with E-state index in [1.807, 2.05) is 13.8 Å². The number of hydrogen-bond acceptors (Lipinski definition) is 3. The first-order valence-electron chi connectivity index (χ1n) is 4.16. The fourth-order valence-electron chi connectivity index (χ4n) is 1.39. The van der Waals surface area contributed by atoms with Crippen molar-refractivity contribution in [3.63, 3.8) is 0 Å². The fourth-order valence-corrected chi connectivity index (χ4v) is 2.66. The number of hydrogen-bond donors (Lipinski definition) is 2. The van der Waals surface area contributed by atoms with E-state index in [0.717, 1.165) is 12.3 Å². The third kappa shape index (κ3) is 1.59. The molecule has 4 heteroatoms. The molecule has 1 unspecified atom stereocenters. The van der Waals surface area contributed by atoms with Gasteiger partial charge in [-0.2, -0.15) is 11.8 Å². The van der Waals surface area contributed by atoms with Crippen molar-refractivity contribution in [1.29, 1.82) is 0 Å². The van der Waals surface area contributed by atoms with E-state index in [0.29, 0.717) is 5.75 Å². The van der Waals surface area contributed by atoms with Crippen LogP contribution in [0.15, 0.2) is 0 Å². The Hall–Kier alpha value is -0.220. The van der Waals surface area contributed by atoms with Crippen molar-refractivity contribution >= 4 is 17.7 Å². The van der Waals surface area contributed by atoms with Crippen LogP contribution in [0.25, 0.3) is 0 Å². The first-order chi connectivity index (χ1) is 5.59. The van der Waals surface area contributed by atoms with Crippen LogP contribution >= 0.6 is 11.8 Å². The van der Waals surface area contributed by atoms with Gasteiger partial charge in [-0.05, 0) is 5.92 Å². The molecule has 3 nitrogen and oxygen atoms in total. The molecule has 1 aliphatic heterocycles. The second kappa shape index (κ2) is 3.66. The van der Waals surface area contributed by atoms with E-state index in [2.05, 4.69) is 5.32 Å². The number of carbonyl (C=O) groups is 1. The van der Waals surface area contributed by atoms with E-state index < -0.39 is 11.5 Å². The predicted molar refractivity (Wildman–Crippen MR) is 50.5 cm³/mol. The minimum Gasteiger partial charge on any atom is -0.480 e. The average Bonchev–Trinajstić information content (AvgIpc) is 2.05. The Morgan fingerprint density at radius 2 is 2.33 bits per heavy atom. The van der Waals surface area contributed by atoms with Gasteiger partial charge in [-0.1, -0.05) is 13.8 Å². The molecule has 1 aliphatic rings. The van der Waals surface area contributed by atoms with Gasteiger partial charge in [0.05, 0.1) is 0 Å². The van der Waals surface area contributed by atoms with Gasteiger partial charge >= 0.3 is 5.97 Å². The first-order valence-corrected chi connectivity index (χ1v) is 5.31. The zero-order valence-corrected chi connectivity index (χ0v) is 8.28. The fraction of sp³-hybridized carbons (Fsp3) is 0.875. The lowest BCUT2D eigenvalue weighted by molar-refractivity contribution is -0.145. The topological polar surface area (TPSA) is 49.3 Å². The summed E-state index contributed by atoms with van der Waals surface area (Å²) in [5, 5.41) is 12.2. The summed E-state index contributed by atoms with van der Waals surface area (Å²) in [6.45, 7) is 4.70.